The first-order chi connectivity index (χ1) is 4.62. The first kappa shape index (κ1) is 10.9. The van der Waals surface area contributed by atoms with Crippen LogP contribution in [-0.4, -0.2) is 26.5 Å². The summed E-state index contributed by atoms with van der Waals surface area (Å²) in [6.07, 6.45) is 0.692. The molecule has 0 aromatic heterocycles. The first-order valence-corrected chi connectivity index (χ1v) is 9.42. The van der Waals surface area contributed by atoms with Gasteiger partial charge < -0.3 is 0 Å². The maximum atomic E-state index is 11.5. The van der Waals surface area contributed by atoms with E-state index >= 15 is 0 Å². The number of rotatable bonds is 5. The maximum absolute atomic E-state index is 11.5. The van der Waals surface area contributed by atoms with Gasteiger partial charge in [-0.25, -0.2) is 0 Å². The van der Waals surface area contributed by atoms with E-state index in [1.807, 2.05) is 20.6 Å². The van der Waals surface area contributed by atoms with E-state index in [-0.39, 0.29) is 20.9 Å². The zero-order valence-corrected chi connectivity index (χ0v) is 9.70. The van der Waals surface area contributed by atoms with E-state index in [2.05, 4.69) is 8.85 Å². The van der Waals surface area contributed by atoms with E-state index in [1.165, 1.54) is 0 Å². The average Bonchev–Trinajstić information content (AvgIpc) is 1.84. The van der Waals surface area contributed by atoms with E-state index in [4.69, 9.17) is 0 Å². The summed E-state index contributed by atoms with van der Waals surface area (Å²) in [4.78, 5) is -1.82. The zero-order chi connectivity index (χ0) is 8.04. The first-order valence-electron chi connectivity index (χ1n) is 3.22. The topological polar surface area (TPSA) is 41.1 Å². The van der Waals surface area contributed by atoms with Crippen LogP contribution in [0.3, 0.4) is 0 Å². The Bertz CT molecular complexity index is 131. The Morgan fingerprint density at radius 1 is 1.60 bits per heavy atom. The second-order valence-electron chi connectivity index (χ2n) is 2.02. The normalized spacial score (nSPS) is 17.1. The third kappa shape index (κ3) is 5.65. The van der Waals surface area contributed by atoms with E-state index in [1.54, 1.807) is 0 Å². The van der Waals surface area contributed by atoms with E-state index < -0.39 is 4.78 Å². The second-order valence-corrected chi connectivity index (χ2v) is 13.1. The number of nitrogens with one attached hydrogen (secondary N) is 2. The van der Waals surface area contributed by atoms with Crippen molar-refractivity contribution in [2.45, 2.75) is 6.92 Å². The molecule has 0 rings (SSSR count). The fourth-order valence-electron chi connectivity index (χ4n) is 0.520. The summed E-state index contributed by atoms with van der Waals surface area (Å²) in [7, 11) is 1.87. The van der Waals surface area contributed by atoms with E-state index in [0.29, 0.717) is 6.29 Å². The van der Waals surface area contributed by atoms with Gasteiger partial charge in [-0.1, -0.05) is 0 Å². The molecule has 0 aliphatic heterocycles. The van der Waals surface area contributed by atoms with Crippen molar-refractivity contribution < 1.29 is 25.5 Å². The predicted octanol–water partition coefficient (Wildman–Crippen LogP) is -2.32. The number of halogens is 1. The third-order valence-corrected chi connectivity index (χ3v) is 7.75. The molecule has 0 spiro atoms. The summed E-state index contributed by atoms with van der Waals surface area (Å²) < 4.78 is 14.5. The molecule has 3 nitrogen and oxygen atoms in total. The molecule has 0 aliphatic rings. The molecule has 0 bridgehead atoms. The van der Waals surface area contributed by atoms with E-state index in [0.717, 1.165) is 6.54 Å². The van der Waals surface area contributed by atoms with Gasteiger partial charge in [-0.3, -0.25) is 0 Å². The van der Waals surface area contributed by atoms with Gasteiger partial charge >= 0.3 is 72.6 Å². The van der Waals surface area contributed by atoms with Gasteiger partial charge in [0.1, 0.15) is 0 Å². The summed E-state index contributed by atoms with van der Waals surface area (Å²) in [6.45, 7) is 4.79. The summed E-state index contributed by atoms with van der Waals surface area (Å²) in [5, 5.41) is 3.10. The molecule has 0 saturated carbocycles. The molecular weight excluding hydrogens is 262 g/mol. The molecular formula is C5H15IN2OP-. The van der Waals surface area contributed by atoms with Gasteiger partial charge in [0.25, 0.3) is 0 Å². The van der Waals surface area contributed by atoms with Crippen molar-refractivity contribution in [3.8, 4) is 0 Å². The number of hydrogen-bond acceptors (Lipinski definition) is 3. The SMILES string of the molecule is CCNCP(C)(=O)[I-]NC. The Morgan fingerprint density at radius 3 is 2.60 bits per heavy atom. The average molecular weight is 277 g/mol. The summed E-state index contributed by atoms with van der Waals surface area (Å²) in [6, 6.07) is 0. The van der Waals surface area contributed by atoms with Gasteiger partial charge in [-0.05, 0) is 0 Å². The second kappa shape index (κ2) is 5.52. The Labute approximate surface area is 72.7 Å². The van der Waals surface area contributed by atoms with Crippen LogP contribution in [0.15, 0.2) is 0 Å². The standard InChI is InChI=1S/C5H15IN2OP/c1-4-8-5-10(3,9)6-7-2/h7-8H,4-5H2,1-3H3/q-1. The van der Waals surface area contributed by atoms with Crippen molar-refractivity contribution in [2.75, 3.05) is 26.5 Å². The molecule has 0 aromatic carbocycles. The van der Waals surface area contributed by atoms with Gasteiger partial charge in [-0.15, -0.1) is 0 Å². The van der Waals surface area contributed by atoms with Crippen molar-refractivity contribution in [3.05, 3.63) is 0 Å². The Hall–Kier alpha value is 0.880. The summed E-state index contributed by atoms with van der Waals surface area (Å²) in [5.74, 6) is 0. The van der Waals surface area contributed by atoms with Gasteiger partial charge in [0, 0.05) is 0 Å². The van der Waals surface area contributed by atoms with Crippen molar-refractivity contribution in [1.29, 1.82) is 0 Å². The van der Waals surface area contributed by atoms with Crippen molar-refractivity contribution in [3.63, 3.8) is 0 Å². The van der Waals surface area contributed by atoms with E-state index in [9.17, 15) is 4.57 Å². The molecule has 0 radical (unpaired) electrons. The van der Waals surface area contributed by atoms with Gasteiger partial charge in [-0.2, -0.15) is 0 Å². The van der Waals surface area contributed by atoms with Crippen LogP contribution in [0.25, 0.3) is 0 Å². The Morgan fingerprint density at radius 2 is 2.20 bits per heavy atom. The molecule has 64 valence electrons. The van der Waals surface area contributed by atoms with Crippen LogP contribution in [0.4, 0.5) is 0 Å². The van der Waals surface area contributed by atoms with Crippen LogP contribution >= 0.6 is 4.78 Å². The van der Waals surface area contributed by atoms with Gasteiger partial charge in [0.2, 0.25) is 0 Å². The molecule has 1 atom stereocenters. The third-order valence-electron chi connectivity index (χ3n) is 0.908. The molecule has 1 unspecified atom stereocenters. The molecule has 0 amide bonds. The summed E-state index contributed by atoms with van der Waals surface area (Å²) >= 11 is -0.288. The molecule has 2 N–H and O–H groups in total. The monoisotopic (exact) mass is 277 g/mol. The van der Waals surface area contributed by atoms with Gasteiger partial charge in [0.05, 0.1) is 0 Å². The zero-order valence-electron chi connectivity index (χ0n) is 6.65. The quantitative estimate of drug-likeness (QED) is 0.337. The molecule has 0 heterocycles. The van der Waals surface area contributed by atoms with Crippen LogP contribution in [0.1, 0.15) is 6.92 Å². The minimum atomic E-state index is -1.82. The van der Waals surface area contributed by atoms with Crippen molar-refractivity contribution >= 4 is 4.78 Å². The van der Waals surface area contributed by atoms with Crippen molar-refractivity contribution in [1.82, 2.24) is 8.85 Å². The van der Waals surface area contributed by atoms with Gasteiger partial charge in [0.15, 0.2) is 0 Å². The summed E-state index contributed by atoms with van der Waals surface area (Å²) in [5.41, 5.74) is 0. The Kier molecular flexibility index (Phi) is 6.01. The van der Waals surface area contributed by atoms with Crippen LogP contribution in [0.5, 0.6) is 0 Å². The molecule has 0 aromatic rings. The van der Waals surface area contributed by atoms with Crippen molar-refractivity contribution in [2.24, 2.45) is 0 Å². The van der Waals surface area contributed by atoms with Crippen LogP contribution in [-0.2, 0) is 4.57 Å². The molecule has 10 heavy (non-hydrogen) atoms. The fraction of sp³-hybridized carbons (Fsp3) is 1.00. The minimum absolute atomic E-state index is 0.288. The molecule has 5 heteroatoms. The predicted molar refractivity (Wildman–Crippen MR) is 41.1 cm³/mol. The molecule has 0 saturated heterocycles. The molecule has 0 aliphatic carbocycles. The molecule has 0 fully saturated rings. The van der Waals surface area contributed by atoms with Crippen LogP contribution in [0, 0.1) is 0 Å². The fourth-order valence-corrected chi connectivity index (χ4v) is 5.86. The number of hydrogen-bond donors (Lipinski definition) is 2. The van der Waals surface area contributed by atoms with Crippen LogP contribution < -0.4 is 29.8 Å². The van der Waals surface area contributed by atoms with Crippen LogP contribution in [0.2, 0.25) is 0 Å². The Balaban J connectivity index is 3.53.